The van der Waals surface area contributed by atoms with Crippen molar-refractivity contribution in [1.82, 2.24) is 0 Å². The average Bonchev–Trinajstić information content (AvgIpc) is 2.83. The first-order valence-electron chi connectivity index (χ1n) is 11.0. The van der Waals surface area contributed by atoms with Crippen molar-refractivity contribution in [2.24, 2.45) is 0 Å². The van der Waals surface area contributed by atoms with Crippen LogP contribution < -0.4 is 4.74 Å². The van der Waals surface area contributed by atoms with Crippen LogP contribution in [0.5, 0.6) is 5.75 Å². The molecule has 0 bridgehead atoms. The van der Waals surface area contributed by atoms with Crippen LogP contribution in [0, 0.1) is 0 Å². The zero-order valence-corrected chi connectivity index (χ0v) is 18.9. The summed E-state index contributed by atoms with van der Waals surface area (Å²) >= 11 is 1.96. The predicted octanol–water partition coefficient (Wildman–Crippen LogP) is 6.50. The number of ether oxygens (including phenoxy) is 1. The molecule has 0 spiro atoms. The highest BCUT2D eigenvalue weighted by atomic mass is 32.2. The number of para-hydroxylation sites is 1. The van der Waals surface area contributed by atoms with Gasteiger partial charge in [0.15, 0.2) is 0 Å². The Kier molecular flexibility index (Phi) is 5.00. The monoisotopic (exact) mass is 444 g/mol. The van der Waals surface area contributed by atoms with E-state index in [1.54, 1.807) is 0 Å². The van der Waals surface area contributed by atoms with Gasteiger partial charge in [-0.25, -0.2) is 0 Å². The van der Waals surface area contributed by atoms with Crippen LogP contribution in [0.4, 0.5) is 0 Å². The van der Waals surface area contributed by atoms with Gasteiger partial charge in [0.05, 0.1) is 17.1 Å². The number of benzene rings is 3. The maximum absolute atomic E-state index is 12.5. The third-order valence-corrected chi connectivity index (χ3v) is 9.52. The van der Waals surface area contributed by atoms with Gasteiger partial charge in [0, 0.05) is 27.2 Å². The fourth-order valence-electron chi connectivity index (χ4n) is 4.83. The highest BCUT2D eigenvalue weighted by molar-refractivity contribution is 7.99. The predicted molar refractivity (Wildman–Crippen MR) is 128 cm³/mol. The molecule has 2 nitrogen and oxygen atoms in total. The minimum absolute atomic E-state index is 0.437. The van der Waals surface area contributed by atoms with Gasteiger partial charge in [-0.2, -0.15) is 0 Å². The molecule has 4 heteroatoms. The third-order valence-electron chi connectivity index (χ3n) is 6.54. The Bertz CT molecular complexity index is 1230. The third kappa shape index (κ3) is 3.66. The topological polar surface area (TPSA) is 26.3 Å². The smallest absolute Gasteiger partial charge is 0.130 e. The highest BCUT2D eigenvalue weighted by Gasteiger charge is 2.24. The molecular formula is C27H24O2S2. The molecular weight excluding hydrogens is 420 g/mol. The number of fused-ring (bicyclic) bond motifs is 3. The normalized spacial score (nSPS) is 21.9. The van der Waals surface area contributed by atoms with E-state index < -0.39 is 10.8 Å². The van der Waals surface area contributed by atoms with E-state index in [-0.39, 0.29) is 0 Å². The van der Waals surface area contributed by atoms with E-state index in [0.717, 1.165) is 48.5 Å². The van der Waals surface area contributed by atoms with Crippen molar-refractivity contribution in [3.63, 3.8) is 0 Å². The molecule has 2 unspecified atom stereocenters. The van der Waals surface area contributed by atoms with Crippen LogP contribution in [0.2, 0.25) is 0 Å². The first-order chi connectivity index (χ1) is 15.2. The fourth-order valence-corrected chi connectivity index (χ4v) is 7.47. The number of hydrogen-bond donors (Lipinski definition) is 0. The lowest BCUT2D eigenvalue weighted by molar-refractivity contribution is 0.469. The van der Waals surface area contributed by atoms with Gasteiger partial charge < -0.3 is 4.74 Å². The molecule has 156 valence electrons. The van der Waals surface area contributed by atoms with Crippen molar-refractivity contribution in [1.29, 1.82) is 0 Å². The molecule has 0 aromatic heterocycles. The standard InChI is InChI=1S/C27H24O2S2/c28-31-13-3-5-18-7-8-22(16-27(18)31)26-12-10-21-14-19(9-11-25(21)30-26)23-15-20-4-1-2-6-24(20)29-17-23/h1-2,4,6-9,11,14,16-17,26H,3,5,10,12-13,15H2. The Hall–Kier alpha value is -2.30. The van der Waals surface area contributed by atoms with E-state index in [1.807, 2.05) is 30.2 Å². The SMILES string of the molecule is O=S1CCCc2ccc(C3CCc4cc(C5=COc6ccccc6C5)ccc4S3)cc21. The summed E-state index contributed by atoms with van der Waals surface area (Å²) in [6.07, 6.45) is 7.12. The molecule has 3 aromatic rings. The van der Waals surface area contributed by atoms with Crippen LogP contribution >= 0.6 is 11.8 Å². The molecule has 0 radical (unpaired) electrons. The maximum atomic E-state index is 12.5. The van der Waals surface area contributed by atoms with Gasteiger partial charge in [0.25, 0.3) is 0 Å². The highest BCUT2D eigenvalue weighted by Crippen LogP contribution is 2.46. The second-order valence-corrected chi connectivity index (χ2v) is 11.3. The number of aryl methyl sites for hydroxylation is 2. The van der Waals surface area contributed by atoms with E-state index in [4.69, 9.17) is 4.74 Å². The lowest BCUT2D eigenvalue weighted by Crippen LogP contribution is -2.12. The maximum Gasteiger partial charge on any atom is 0.130 e. The molecule has 3 aliphatic heterocycles. The average molecular weight is 445 g/mol. The fraction of sp³-hybridized carbons (Fsp3) is 0.259. The second kappa shape index (κ2) is 7.99. The molecule has 3 heterocycles. The summed E-state index contributed by atoms with van der Waals surface area (Å²) in [7, 11) is -0.824. The van der Waals surface area contributed by atoms with Crippen LogP contribution in [-0.2, 0) is 30.1 Å². The van der Waals surface area contributed by atoms with Crippen molar-refractivity contribution in [3.8, 4) is 5.75 Å². The van der Waals surface area contributed by atoms with Crippen molar-refractivity contribution < 1.29 is 8.95 Å². The number of allylic oxidation sites excluding steroid dienone is 1. The number of rotatable bonds is 2. The first-order valence-corrected chi connectivity index (χ1v) is 13.2. The van der Waals surface area contributed by atoms with E-state index in [1.165, 1.54) is 38.3 Å². The van der Waals surface area contributed by atoms with Gasteiger partial charge in [0.1, 0.15) is 5.75 Å². The lowest BCUT2D eigenvalue weighted by atomic mass is 9.94. The van der Waals surface area contributed by atoms with Crippen LogP contribution in [0.1, 0.15) is 45.9 Å². The van der Waals surface area contributed by atoms with Crippen LogP contribution in [0.15, 0.2) is 76.7 Å². The second-order valence-electron chi connectivity index (χ2n) is 8.53. The van der Waals surface area contributed by atoms with Crippen molar-refractivity contribution in [3.05, 3.63) is 94.7 Å². The summed E-state index contributed by atoms with van der Waals surface area (Å²) in [5, 5.41) is 0.437. The van der Waals surface area contributed by atoms with Crippen LogP contribution in [-0.4, -0.2) is 9.96 Å². The first kappa shape index (κ1) is 19.4. The van der Waals surface area contributed by atoms with Crippen molar-refractivity contribution >= 4 is 28.1 Å². The summed E-state index contributed by atoms with van der Waals surface area (Å²) in [4.78, 5) is 2.45. The van der Waals surface area contributed by atoms with Gasteiger partial charge in [-0.1, -0.05) is 42.5 Å². The Balaban J connectivity index is 1.24. The Labute approximate surface area is 190 Å². The van der Waals surface area contributed by atoms with E-state index in [2.05, 4.69) is 48.5 Å². The zero-order valence-electron chi connectivity index (χ0n) is 17.3. The molecule has 0 fully saturated rings. The van der Waals surface area contributed by atoms with E-state index >= 15 is 0 Å². The molecule has 0 aliphatic carbocycles. The zero-order chi connectivity index (χ0) is 20.8. The van der Waals surface area contributed by atoms with E-state index in [0.29, 0.717) is 5.25 Å². The van der Waals surface area contributed by atoms with Gasteiger partial charge in [-0.15, -0.1) is 11.8 Å². The van der Waals surface area contributed by atoms with Crippen molar-refractivity contribution in [2.45, 2.75) is 47.1 Å². The van der Waals surface area contributed by atoms with Gasteiger partial charge in [-0.3, -0.25) is 4.21 Å². The lowest BCUT2D eigenvalue weighted by Gasteiger charge is -2.27. The molecule has 6 rings (SSSR count). The summed E-state index contributed by atoms with van der Waals surface area (Å²) in [5.74, 6) is 1.78. The summed E-state index contributed by atoms with van der Waals surface area (Å²) in [5.41, 5.74) is 7.79. The molecule has 0 N–H and O–H groups in total. The van der Waals surface area contributed by atoms with Crippen LogP contribution in [0.25, 0.3) is 5.57 Å². The Morgan fingerprint density at radius 1 is 0.935 bits per heavy atom. The molecule has 3 aromatic carbocycles. The molecule has 0 amide bonds. The summed E-state index contributed by atoms with van der Waals surface area (Å²) < 4.78 is 18.3. The summed E-state index contributed by atoms with van der Waals surface area (Å²) in [6, 6.07) is 21.8. The Morgan fingerprint density at radius 3 is 2.84 bits per heavy atom. The molecule has 3 aliphatic rings. The number of hydrogen-bond acceptors (Lipinski definition) is 3. The molecule has 0 saturated carbocycles. The van der Waals surface area contributed by atoms with Gasteiger partial charge in [-0.05, 0) is 77.3 Å². The minimum Gasteiger partial charge on any atom is -0.464 e. The molecule has 2 atom stereocenters. The quantitative estimate of drug-likeness (QED) is 0.451. The number of thioether (sulfide) groups is 1. The van der Waals surface area contributed by atoms with Crippen molar-refractivity contribution in [2.75, 3.05) is 5.75 Å². The van der Waals surface area contributed by atoms with Gasteiger partial charge >= 0.3 is 0 Å². The molecule has 31 heavy (non-hydrogen) atoms. The van der Waals surface area contributed by atoms with Crippen LogP contribution in [0.3, 0.4) is 0 Å². The van der Waals surface area contributed by atoms with E-state index in [9.17, 15) is 4.21 Å². The Morgan fingerprint density at radius 2 is 1.87 bits per heavy atom. The molecule has 0 saturated heterocycles. The summed E-state index contributed by atoms with van der Waals surface area (Å²) in [6.45, 7) is 0. The largest absolute Gasteiger partial charge is 0.464 e. The minimum atomic E-state index is -0.824. The van der Waals surface area contributed by atoms with Gasteiger partial charge in [0.2, 0.25) is 0 Å².